The second-order valence-corrected chi connectivity index (χ2v) is 14.4. The summed E-state index contributed by atoms with van der Waals surface area (Å²) in [5.74, 6) is -5.01. The third-order valence-corrected chi connectivity index (χ3v) is 10.5. The molecule has 3 aliphatic carbocycles. The lowest BCUT2D eigenvalue weighted by Gasteiger charge is -2.60. The Kier molecular flexibility index (Phi) is 7.52. The molecular weight excluding hydrogens is 556 g/mol. The van der Waals surface area contributed by atoms with Gasteiger partial charge in [-0.15, -0.1) is 0 Å². The van der Waals surface area contributed by atoms with Crippen molar-refractivity contribution in [3.63, 3.8) is 0 Å². The van der Waals surface area contributed by atoms with Gasteiger partial charge in [-0.25, -0.2) is 0 Å². The number of ketones is 3. The van der Waals surface area contributed by atoms with Crippen molar-refractivity contribution >= 4 is 23.1 Å². The Balaban J connectivity index is 1.73. The monoisotopic (exact) mass is 600 g/mol. The van der Waals surface area contributed by atoms with Crippen LogP contribution in [-0.4, -0.2) is 43.4 Å². The maximum absolute atomic E-state index is 14.6. The largest absolute Gasteiger partial charge is 0.508 e. The van der Waals surface area contributed by atoms with Gasteiger partial charge in [0.1, 0.15) is 22.8 Å². The van der Waals surface area contributed by atoms with E-state index in [2.05, 4.69) is 0 Å². The van der Waals surface area contributed by atoms with Crippen molar-refractivity contribution in [2.24, 2.45) is 22.7 Å². The number of aromatic hydroxyl groups is 1. The van der Waals surface area contributed by atoms with Crippen LogP contribution in [0.3, 0.4) is 0 Å². The second-order valence-electron chi connectivity index (χ2n) is 14.4. The number of benzene rings is 2. The van der Waals surface area contributed by atoms with Gasteiger partial charge in [0.2, 0.25) is 5.78 Å². The van der Waals surface area contributed by atoms with Gasteiger partial charge in [-0.05, 0) is 73.6 Å². The predicted octanol–water partition coefficient (Wildman–Crippen LogP) is 6.41. The Bertz CT molecular complexity index is 1660. The molecule has 44 heavy (non-hydrogen) atoms. The van der Waals surface area contributed by atoms with Crippen molar-refractivity contribution in [1.29, 1.82) is 0 Å². The highest BCUT2D eigenvalue weighted by atomic mass is 16.3. The van der Waals surface area contributed by atoms with Crippen LogP contribution in [0.4, 0.5) is 0 Å². The molecular formula is C37H44O7. The van der Waals surface area contributed by atoms with Gasteiger partial charge in [-0.2, -0.15) is 0 Å². The van der Waals surface area contributed by atoms with Crippen LogP contribution in [0.1, 0.15) is 94.2 Å². The molecule has 0 aliphatic heterocycles. The van der Waals surface area contributed by atoms with Crippen molar-refractivity contribution in [3.05, 3.63) is 80.6 Å². The number of fused-ring (bicyclic) bond motifs is 3. The van der Waals surface area contributed by atoms with Crippen molar-refractivity contribution < 1.29 is 34.8 Å². The van der Waals surface area contributed by atoms with E-state index in [9.17, 15) is 34.8 Å². The summed E-state index contributed by atoms with van der Waals surface area (Å²) in [5, 5.41) is 47.3. The van der Waals surface area contributed by atoms with Gasteiger partial charge in [0.05, 0.1) is 5.56 Å². The number of phenolic OH excluding ortho intramolecular Hbond substituents is 1. The third kappa shape index (κ3) is 4.30. The number of aliphatic hydroxyl groups is 3. The molecule has 0 bridgehead atoms. The smallest absolute Gasteiger partial charge is 0.203 e. The number of aliphatic hydroxyl groups excluding tert-OH is 2. The topological polar surface area (TPSA) is 132 Å². The molecule has 0 heterocycles. The number of carbonyl (C=O) groups is 3. The first-order valence-corrected chi connectivity index (χ1v) is 15.5. The lowest BCUT2D eigenvalue weighted by atomic mass is 9.43. The molecule has 3 aliphatic rings. The Morgan fingerprint density at radius 2 is 1.61 bits per heavy atom. The first kappa shape index (κ1) is 31.7. The van der Waals surface area contributed by atoms with Crippen LogP contribution < -0.4 is 0 Å². The van der Waals surface area contributed by atoms with E-state index in [0.717, 1.165) is 29.2 Å². The maximum Gasteiger partial charge on any atom is 0.203 e. The van der Waals surface area contributed by atoms with Gasteiger partial charge in [-0.3, -0.25) is 14.4 Å². The normalized spacial score (nSPS) is 28.4. The maximum atomic E-state index is 14.6. The van der Waals surface area contributed by atoms with E-state index in [4.69, 9.17) is 0 Å². The number of aryl methyl sites for hydroxylation is 3. The summed E-state index contributed by atoms with van der Waals surface area (Å²) in [6, 6.07) is 10.2. The van der Waals surface area contributed by atoms with E-state index in [1.807, 2.05) is 58.0 Å². The summed E-state index contributed by atoms with van der Waals surface area (Å²) in [7, 11) is 0. The van der Waals surface area contributed by atoms with Crippen LogP contribution >= 0.6 is 0 Å². The lowest BCUT2D eigenvalue weighted by molar-refractivity contribution is -0.178. The summed E-state index contributed by atoms with van der Waals surface area (Å²) in [5.41, 5.74) is -1.04. The van der Waals surface area contributed by atoms with Crippen LogP contribution in [0.5, 0.6) is 5.75 Å². The first-order valence-electron chi connectivity index (χ1n) is 15.5. The van der Waals surface area contributed by atoms with Crippen LogP contribution in [0, 0.1) is 29.6 Å². The van der Waals surface area contributed by atoms with E-state index in [1.54, 1.807) is 20.8 Å². The van der Waals surface area contributed by atoms with E-state index < -0.39 is 56.8 Å². The van der Waals surface area contributed by atoms with E-state index in [0.29, 0.717) is 18.4 Å². The molecule has 2 aromatic rings. The van der Waals surface area contributed by atoms with E-state index >= 15 is 0 Å². The molecule has 7 heteroatoms. The molecule has 0 spiro atoms. The molecule has 2 aromatic carbocycles. The van der Waals surface area contributed by atoms with Crippen molar-refractivity contribution in [2.45, 2.75) is 92.6 Å². The first-order chi connectivity index (χ1) is 20.4. The molecule has 1 fully saturated rings. The van der Waals surface area contributed by atoms with Crippen LogP contribution in [0.25, 0.3) is 5.76 Å². The zero-order valence-corrected chi connectivity index (χ0v) is 27.0. The lowest BCUT2D eigenvalue weighted by Crippen LogP contribution is -2.69. The van der Waals surface area contributed by atoms with Gasteiger partial charge in [0.25, 0.3) is 0 Å². The van der Waals surface area contributed by atoms with E-state index in [-0.39, 0.29) is 41.6 Å². The molecule has 5 rings (SSSR count). The summed E-state index contributed by atoms with van der Waals surface area (Å²) in [6.45, 7) is 14.3. The van der Waals surface area contributed by atoms with Gasteiger partial charge >= 0.3 is 0 Å². The highest BCUT2D eigenvalue weighted by Crippen LogP contribution is 2.65. The predicted molar refractivity (Wildman–Crippen MR) is 168 cm³/mol. The second kappa shape index (κ2) is 10.4. The fraction of sp³-hybridized carbons (Fsp3) is 0.486. The van der Waals surface area contributed by atoms with Crippen molar-refractivity contribution in [3.8, 4) is 5.75 Å². The van der Waals surface area contributed by atoms with Gasteiger partial charge in [0, 0.05) is 22.3 Å². The zero-order valence-electron chi connectivity index (χ0n) is 27.0. The molecule has 0 radical (unpaired) electrons. The van der Waals surface area contributed by atoms with Crippen LogP contribution in [-0.2, 0) is 33.6 Å². The van der Waals surface area contributed by atoms with Crippen LogP contribution in [0.15, 0.2) is 47.2 Å². The minimum atomic E-state index is -2.61. The Hall–Kier alpha value is -3.71. The average molecular weight is 601 g/mol. The SMILES string of the molecule is CC(=O)C1=C(O)[C@]2(O)C(=O)C3=C(O)c4c(O)c(CCc5ccc(C)cc5)cc(C(C)C)c4C[C@]3(C)C[C@]2(C)C(C(C)C)C1=O. The molecule has 1 saturated carbocycles. The van der Waals surface area contributed by atoms with E-state index in [1.165, 1.54) is 0 Å². The quantitative estimate of drug-likeness (QED) is 0.282. The Labute approximate surface area is 259 Å². The Morgan fingerprint density at radius 1 is 1.00 bits per heavy atom. The summed E-state index contributed by atoms with van der Waals surface area (Å²) in [6.07, 6.45) is 1.52. The number of hydrogen-bond donors (Lipinski definition) is 4. The number of rotatable bonds is 6. The number of Topliss-reactive ketones (excluding diaryl/α,β-unsaturated/α-hetero) is 3. The third-order valence-electron chi connectivity index (χ3n) is 10.5. The molecule has 0 amide bonds. The fourth-order valence-corrected chi connectivity index (χ4v) is 8.61. The average Bonchev–Trinajstić information content (AvgIpc) is 2.90. The van der Waals surface area contributed by atoms with Crippen LogP contribution in [0.2, 0.25) is 0 Å². The molecule has 234 valence electrons. The minimum Gasteiger partial charge on any atom is -0.508 e. The number of carbonyl (C=O) groups excluding carboxylic acids is 3. The number of phenols is 1. The summed E-state index contributed by atoms with van der Waals surface area (Å²) >= 11 is 0. The van der Waals surface area contributed by atoms with Gasteiger partial charge in [-0.1, -0.05) is 77.4 Å². The molecule has 7 nitrogen and oxygen atoms in total. The molecule has 0 saturated heterocycles. The van der Waals surface area contributed by atoms with Gasteiger partial charge in [0.15, 0.2) is 17.2 Å². The summed E-state index contributed by atoms with van der Waals surface area (Å²) in [4.78, 5) is 40.9. The number of allylic oxidation sites excluding steroid dienone is 1. The zero-order chi connectivity index (χ0) is 32.7. The highest BCUT2D eigenvalue weighted by Gasteiger charge is 2.72. The molecule has 1 unspecified atom stereocenters. The molecule has 4 atom stereocenters. The Morgan fingerprint density at radius 3 is 2.16 bits per heavy atom. The molecule has 4 N–H and O–H groups in total. The molecule has 0 aromatic heterocycles. The van der Waals surface area contributed by atoms with Gasteiger partial charge < -0.3 is 20.4 Å². The highest BCUT2D eigenvalue weighted by molar-refractivity contribution is 6.24. The van der Waals surface area contributed by atoms with Crippen molar-refractivity contribution in [1.82, 2.24) is 0 Å². The van der Waals surface area contributed by atoms with Crippen molar-refractivity contribution in [2.75, 3.05) is 0 Å². The fourth-order valence-electron chi connectivity index (χ4n) is 8.61. The minimum absolute atomic E-state index is 0.0389. The standard InChI is InChI=1S/C37H44O7/c1-18(2)24-15-23(14-13-22-11-9-20(5)10-12-22)30(39)27-25(24)16-35(7)17-36(8)28(19(3)4)31(40)26(21(6)38)33(42)37(36,44)34(43)29(35)32(27)41/h9-12,15,18-19,28,39,41-42,44H,13-14,16-17H2,1-8H3/t28?,35-,36-,37+/m1/s1. The summed E-state index contributed by atoms with van der Waals surface area (Å²) < 4.78 is 0. The number of hydrogen-bond acceptors (Lipinski definition) is 7.